The average Bonchev–Trinajstić information content (AvgIpc) is 3.19. The molecule has 54 heavy (non-hydrogen) atoms. The first-order valence-corrected chi connectivity index (χ1v) is 23.6. The second-order valence-electron chi connectivity index (χ2n) is 12.7. The van der Waals surface area contributed by atoms with E-state index in [0.717, 1.165) is 0 Å². The highest BCUT2D eigenvalue weighted by molar-refractivity contribution is 7.58. The Labute approximate surface area is 314 Å². The Bertz CT molecular complexity index is 1310. The molecule has 24 nitrogen and oxygen atoms in total. The fourth-order valence-corrected chi connectivity index (χ4v) is 9.92. The van der Waals surface area contributed by atoms with Crippen molar-refractivity contribution < 1.29 is 42.8 Å². The summed E-state index contributed by atoms with van der Waals surface area (Å²) in [5.41, 5.74) is 25.0. The van der Waals surface area contributed by atoms with Crippen LogP contribution in [0.25, 0.3) is 31.3 Å². The van der Waals surface area contributed by atoms with E-state index < -0.39 is 39.8 Å². The number of rotatable bonds is 27. The molecule has 0 aromatic heterocycles. The van der Waals surface area contributed by atoms with Gasteiger partial charge < -0.3 is 30.6 Å². The van der Waals surface area contributed by atoms with Crippen LogP contribution in [0.3, 0.4) is 0 Å². The number of carbonyl (C=O) groups is 3. The Hall–Kier alpha value is -3.21. The van der Waals surface area contributed by atoms with Crippen molar-refractivity contribution in [1.29, 1.82) is 0 Å². The predicted octanol–water partition coefficient (Wildman–Crippen LogP) is 2.21. The monoisotopic (exact) mass is 825 g/mol. The lowest BCUT2D eigenvalue weighted by Gasteiger charge is -2.28. The van der Waals surface area contributed by atoms with Crippen LogP contribution in [-0.4, -0.2) is 163 Å². The number of azide groups is 3. The first-order chi connectivity index (χ1) is 25.6. The van der Waals surface area contributed by atoms with Gasteiger partial charge in [-0.2, -0.15) is 0 Å². The summed E-state index contributed by atoms with van der Waals surface area (Å²) in [6, 6.07) is 0. The molecule has 3 atom stereocenters. The van der Waals surface area contributed by atoms with E-state index in [-0.39, 0.29) is 135 Å². The summed E-state index contributed by atoms with van der Waals surface area (Å²) in [5, 5.41) is 17.9. The van der Waals surface area contributed by atoms with Gasteiger partial charge in [-0.1, -0.05) is 15.3 Å². The van der Waals surface area contributed by atoms with E-state index in [2.05, 4.69) is 46.0 Å². The molecule has 27 heteroatoms. The van der Waals surface area contributed by atoms with Gasteiger partial charge in [-0.15, -0.1) is 0 Å². The molecule has 1 rings (SSSR count). The van der Waals surface area contributed by atoms with Gasteiger partial charge >= 0.3 is 0 Å². The molecule has 0 bridgehead atoms. The van der Waals surface area contributed by atoms with Crippen molar-refractivity contribution in [2.24, 2.45) is 15.3 Å². The van der Waals surface area contributed by atoms with Gasteiger partial charge in [-0.3, -0.25) is 42.8 Å². The van der Waals surface area contributed by atoms with Crippen molar-refractivity contribution in [3.8, 4) is 0 Å². The largest absolute Gasteiger partial charge is 0.356 e. The molecule has 1 aliphatic rings. The van der Waals surface area contributed by atoms with Crippen LogP contribution in [0.15, 0.2) is 15.3 Å². The Morgan fingerprint density at radius 3 is 0.981 bits per heavy atom. The minimum atomic E-state index is -3.89. The summed E-state index contributed by atoms with van der Waals surface area (Å²) in [7, 11) is -11.7. The lowest BCUT2D eigenvalue weighted by atomic mass is 10.4. The third-order valence-electron chi connectivity index (χ3n) is 7.99. The molecule has 0 spiro atoms. The Morgan fingerprint density at radius 2 is 0.759 bits per heavy atom. The molecular formula is C27H54N15O9P3. The van der Waals surface area contributed by atoms with Gasteiger partial charge in [0.25, 0.3) is 0 Å². The fourth-order valence-electron chi connectivity index (χ4n) is 5.12. The summed E-state index contributed by atoms with van der Waals surface area (Å²) in [6.45, 7) is 2.51. The van der Waals surface area contributed by atoms with Crippen molar-refractivity contribution in [3.05, 3.63) is 31.3 Å². The normalized spacial score (nSPS) is 17.6. The quantitative estimate of drug-likeness (QED) is 0.0228. The van der Waals surface area contributed by atoms with Crippen molar-refractivity contribution in [1.82, 2.24) is 30.7 Å². The number of hydrogen-bond donors (Lipinski definition) is 6. The smallest absolute Gasteiger partial charge is 0.220 e. The maximum atomic E-state index is 13.2. The first-order valence-electron chi connectivity index (χ1n) is 17.5. The van der Waals surface area contributed by atoms with Crippen LogP contribution in [0.1, 0.15) is 38.5 Å². The van der Waals surface area contributed by atoms with E-state index in [9.17, 15) is 42.8 Å². The number of carbonyl (C=O) groups excluding carboxylic acids is 3. The molecule has 1 saturated heterocycles. The van der Waals surface area contributed by atoms with Crippen LogP contribution in [0, 0.1) is 0 Å². The molecule has 0 saturated carbocycles. The summed E-state index contributed by atoms with van der Waals surface area (Å²) >= 11 is 0. The van der Waals surface area contributed by atoms with Crippen LogP contribution in [0.2, 0.25) is 0 Å². The van der Waals surface area contributed by atoms with Crippen molar-refractivity contribution >= 4 is 39.8 Å². The number of amides is 3. The highest BCUT2D eigenvalue weighted by Gasteiger charge is 2.30. The Balaban J connectivity index is 2.94. The van der Waals surface area contributed by atoms with Gasteiger partial charge in [0.15, 0.2) is 0 Å². The molecule has 1 fully saturated rings. The third-order valence-corrected chi connectivity index (χ3v) is 13.3. The van der Waals surface area contributed by atoms with Crippen LogP contribution in [0.5, 0.6) is 0 Å². The molecule has 1 aliphatic heterocycles. The van der Waals surface area contributed by atoms with Crippen LogP contribution in [-0.2, 0) is 28.1 Å². The molecule has 3 unspecified atom stereocenters. The molecule has 306 valence electrons. The van der Waals surface area contributed by atoms with E-state index in [4.69, 9.17) is 16.6 Å². The van der Waals surface area contributed by atoms with Crippen LogP contribution < -0.4 is 16.0 Å². The summed E-state index contributed by atoms with van der Waals surface area (Å²) in [5.74, 6) is -1.31. The topological polar surface area (TPSA) is 355 Å². The van der Waals surface area contributed by atoms with Crippen molar-refractivity contribution in [3.63, 3.8) is 0 Å². The number of nitrogens with one attached hydrogen (secondary N) is 3. The van der Waals surface area contributed by atoms with Crippen LogP contribution >= 0.6 is 22.1 Å². The van der Waals surface area contributed by atoms with Crippen molar-refractivity contribution in [2.45, 2.75) is 38.5 Å². The predicted molar refractivity (Wildman–Crippen MR) is 202 cm³/mol. The van der Waals surface area contributed by atoms with E-state index >= 15 is 0 Å². The van der Waals surface area contributed by atoms with Gasteiger partial charge in [0.05, 0.1) is 18.9 Å². The third kappa shape index (κ3) is 25.7. The molecule has 0 radical (unpaired) electrons. The fraction of sp³-hybridized carbons (Fsp3) is 0.889. The molecule has 0 aromatic rings. The van der Waals surface area contributed by atoms with E-state index in [0.29, 0.717) is 19.3 Å². The molecule has 1 heterocycles. The van der Waals surface area contributed by atoms with Gasteiger partial charge in [-0.05, 0) is 35.9 Å². The molecule has 0 aromatic carbocycles. The van der Waals surface area contributed by atoms with Gasteiger partial charge in [0.1, 0.15) is 0 Å². The van der Waals surface area contributed by atoms with Crippen molar-refractivity contribution in [2.75, 3.05) is 116 Å². The average molecular weight is 826 g/mol. The SMILES string of the molecule is [N-]=[N+]=NCCCNC(=O)CCP(=O)(O)CN1CCN(CP(=O)(O)CCC(=O)NCCCN=[N+]=[N-])CCN(CP(=O)(O)CCC(=O)NCCCN=[N+]=[N-])CC1. The standard InChI is InChI=1S/C27H54N15O9P3/c28-37-34-10-1-7-31-25(43)4-19-52(46,47)22-40-13-15-41(23-53(48,49)20-5-26(44)32-8-2-11-35-38-29)17-18-42(16-14-40)24-54(50,51)21-6-27(45)33-9-3-12-36-39-30/h1-24H2,(H,31,43)(H,32,44)(H,33,45)(H,46,47)(H,48,49)(H,50,51). The number of hydrogen-bond acceptors (Lipinski definition) is 12. The summed E-state index contributed by atoms with van der Waals surface area (Å²) < 4.78 is 39.7. The molecular weight excluding hydrogens is 771 g/mol. The zero-order valence-electron chi connectivity index (χ0n) is 30.5. The van der Waals surface area contributed by atoms with Gasteiger partial charge in [0.2, 0.25) is 39.8 Å². The molecule has 0 aliphatic carbocycles. The Morgan fingerprint density at radius 1 is 0.519 bits per heavy atom. The van der Waals surface area contributed by atoms with E-state index in [1.54, 1.807) is 14.7 Å². The second kappa shape index (κ2) is 27.4. The highest BCUT2D eigenvalue weighted by Crippen LogP contribution is 2.44. The lowest BCUT2D eigenvalue weighted by Crippen LogP contribution is -2.37. The lowest BCUT2D eigenvalue weighted by molar-refractivity contribution is -0.121. The van der Waals surface area contributed by atoms with E-state index in [1.165, 1.54) is 0 Å². The summed E-state index contributed by atoms with van der Waals surface area (Å²) in [6.07, 6.45) is -1.23. The van der Waals surface area contributed by atoms with Gasteiger partial charge in [0, 0.05) is 131 Å². The molecule has 3 amide bonds. The molecule has 6 N–H and O–H groups in total. The van der Waals surface area contributed by atoms with Crippen LogP contribution in [0.4, 0.5) is 0 Å². The second-order valence-corrected chi connectivity index (χ2v) is 20.0. The summed E-state index contributed by atoms with van der Waals surface area (Å²) in [4.78, 5) is 82.0. The maximum absolute atomic E-state index is 13.2. The Kier molecular flexibility index (Phi) is 24.8. The van der Waals surface area contributed by atoms with Gasteiger partial charge in [-0.25, -0.2) is 0 Å². The van der Waals surface area contributed by atoms with E-state index in [1.807, 2.05) is 0 Å². The minimum absolute atomic E-state index is 0.197. The first kappa shape index (κ1) is 48.8. The number of nitrogens with zero attached hydrogens (tertiary/aromatic N) is 12. The highest BCUT2D eigenvalue weighted by atomic mass is 31.2. The zero-order valence-corrected chi connectivity index (χ0v) is 33.2. The zero-order chi connectivity index (χ0) is 40.3. The maximum Gasteiger partial charge on any atom is 0.220 e. The minimum Gasteiger partial charge on any atom is -0.356 e.